The van der Waals surface area contributed by atoms with Crippen LogP contribution >= 0.6 is 0 Å². The molecule has 0 spiro atoms. The Bertz CT molecular complexity index is 475. The quantitative estimate of drug-likeness (QED) is 0.769. The summed E-state index contributed by atoms with van der Waals surface area (Å²) in [6.07, 6.45) is 1.42. The van der Waals surface area contributed by atoms with E-state index in [-0.39, 0.29) is 6.10 Å². The lowest BCUT2D eigenvalue weighted by atomic mass is 10.2. The molecule has 6 nitrogen and oxygen atoms in total. The zero-order chi connectivity index (χ0) is 10.3. The smallest absolute Gasteiger partial charge is 0.220 e. The number of rotatable bonds is 2. The van der Waals surface area contributed by atoms with Crippen molar-refractivity contribution < 1.29 is 9.15 Å². The number of ether oxygens (including phenoxy) is 1. The van der Waals surface area contributed by atoms with Gasteiger partial charge in [-0.1, -0.05) is 0 Å². The molecular weight excluding hydrogens is 196 g/mol. The first-order valence-corrected chi connectivity index (χ1v) is 4.96. The fourth-order valence-electron chi connectivity index (χ4n) is 1.96. The van der Waals surface area contributed by atoms with Crippen LogP contribution in [0.5, 0.6) is 0 Å². The Morgan fingerprint density at radius 3 is 3.47 bits per heavy atom. The maximum Gasteiger partial charge on any atom is 0.220 e. The maximum atomic E-state index is 5.67. The van der Waals surface area contributed by atoms with E-state index in [0.717, 1.165) is 24.4 Å². The van der Waals surface area contributed by atoms with Crippen LogP contribution in [0.15, 0.2) is 10.8 Å². The summed E-state index contributed by atoms with van der Waals surface area (Å²) in [5.41, 5.74) is 2.40. The fraction of sp³-hybridized carbons (Fsp3) is 0.556. The summed E-state index contributed by atoms with van der Waals surface area (Å²) in [5, 5.41) is 7.45. The number of fused-ring (bicyclic) bond motifs is 3. The Labute approximate surface area is 86.2 Å². The number of hydrogen-bond donors (Lipinski definition) is 1. The molecule has 80 valence electrons. The predicted molar refractivity (Wildman–Crippen MR) is 52.4 cm³/mol. The van der Waals surface area contributed by atoms with Gasteiger partial charge in [-0.3, -0.25) is 4.68 Å². The average Bonchev–Trinajstić information content (AvgIpc) is 2.77. The molecule has 6 heteroatoms. The van der Waals surface area contributed by atoms with Gasteiger partial charge in [0.2, 0.25) is 5.65 Å². The molecule has 2 aromatic rings. The lowest BCUT2D eigenvalue weighted by Crippen LogP contribution is -2.28. The van der Waals surface area contributed by atoms with Crippen LogP contribution in [0.4, 0.5) is 0 Å². The third kappa shape index (κ3) is 1.25. The molecule has 1 aliphatic heterocycles. The highest BCUT2D eigenvalue weighted by Crippen LogP contribution is 2.28. The van der Waals surface area contributed by atoms with E-state index in [1.807, 2.05) is 11.7 Å². The molecule has 0 aliphatic carbocycles. The van der Waals surface area contributed by atoms with Crippen molar-refractivity contribution in [1.29, 1.82) is 0 Å². The van der Waals surface area contributed by atoms with E-state index in [1.54, 1.807) is 0 Å². The lowest BCUT2D eigenvalue weighted by Gasteiger charge is -2.23. The molecule has 1 N–H and O–H groups in total. The van der Waals surface area contributed by atoms with Crippen molar-refractivity contribution in [3.8, 4) is 0 Å². The number of likely N-dealkylation sites (N-methyl/N-ethyl adjacent to an activating group) is 1. The van der Waals surface area contributed by atoms with Crippen molar-refractivity contribution in [1.82, 2.24) is 20.1 Å². The van der Waals surface area contributed by atoms with Crippen molar-refractivity contribution in [2.45, 2.75) is 12.6 Å². The number of aromatic nitrogens is 3. The van der Waals surface area contributed by atoms with Crippen molar-refractivity contribution in [2.75, 3.05) is 20.2 Å². The van der Waals surface area contributed by atoms with Crippen LogP contribution in [0.3, 0.4) is 0 Å². The zero-order valence-corrected chi connectivity index (χ0v) is 8.43. The first-order valence-electron chi connectivity index (χ1n) is 4.96. The Morgan fingerprint density at radius 1 is 1.67 bits per heavy atom. The molecule has 0 saturated heterocycles. The normalized spacial score (nSPS) is 20.7. The molecule has 1 aliphatic rings. The molecule has 1 atom stereocenters. The van der Waals surface area contributed by atoms with Gasteiger partial charge in [-0.25, -0.2) is 0 Å². The Hall–Kier alpha value is -1.40. The van der Waals surface area contributed by atoms with Gasteiger partial charge in [0, 0.05) is 6.54 Å². The summed E-state index contributed by atoms with van der Waals surface area (Å²) in [4.78, 5) is 4.04. The average molecular weight is 208 g/mol. The molecule has 0 bridgehead atoms. The highest BCUT2D eigenvalue weighted by molar-refractivity contribution is 5.71. The SMILES string of the molecule is CNC[C@H]1OCCn2nc3ncoc3c21. The van der Waals surface area contributed by atoms with Gasteiger partial charge in [0.15, 0.2) is 12.0 Å². The summed E-state index contributed by atoms with van der Waals surface area (Å²) in [6.45, 7) is 2.20. The molecule has 0 aromatic carbocycles. The van der Waals surface area contributed by atoms with Crippen molar-refractivity contribution >= 4 is 11.2 Å². The minimum Gasteiger partial charge on any atom is -0.440 e. The summed E-state index contributed by atoms with van der Waals surface area (Å²) in [6, 6.07) is 0. The number of nitrogens with one attached hydrogen (secondary N) is 1. The monoisotopic (exact) mass is 208 g/mol. The summed E-state index contributed by atoms with van der Waals surface area (Å²) in [7, 11) is 1.90. The van der Waals surface area contributed by atoms with Gasteiger partial charge >= 0.3 is 0 Å². The van der Waals surface area contributed by atoms with Crippen molar-refractivity contribution in [3.63, 3.8) is 0 Å². The van der Waals surface area contributed by atoms with Gasteiger partial charge < -0.3 is 14.5 Å². The molecular formula is C9H12N4O2. The minimum atomic E-state index is 0.00157. The minimum absolute atomic E-state index is 0.00157. The van der Waals surface area contributed by atoms with Gasteiger partial charge in [-0.2, -0.15) is 4.98 Å². The molecule has 15 heavy (non-hydrogen) atoms. The Morgan fingerprint density at radius 2 is 2.60 bits per heavy atom. The van der Waals surface area contributed by atoms with Crippen LogP contribution < -0.4 is 5.32 Å². The van der Waals surface area contributed by atoms with Crippen LogP contribution in [0.1, 0.15) is 11.8 Å². The van der Waals surface area contributed by atoms with Gasteiger partial charge in [0.25, 0.3) is 0 Å². The molecule has 2 aromatic heterocycles. The van der Waals surface area contributed by atoms with E-state index in [4.69, 9.17) is 9.15 Å². The van der Waals surface area contributed by atoms with Gasteiger partial charge in [-0.15, -0.1) is 5.10 Å². The van der Waals surface area contributed by atoms with Crippen LogP contribution in [0, 0.1) is 0 Å². The second kappa shape index (κ2) is 3.32. The lowest BCUT2D eigenvalue weighted by molar-refractivity contribution is 0.0187. The molecule has 3 rings (SSSR count). The maximum absolute atomic E-state index is 5.67. The predicted octanol–water partition coefficient (Wildman–Crippen LogP) is 0.315. The number of hydrogen-bond acceptors (Lipinski definition) is 5. The molecule has 0 unspecified atom stereocenters. The highest BCUT2D eigenvalue weighted by Gasteiger charge is 2.27. The van der Waals surface area contributed by atoms with Gasteiger partial charge in [-0.05, 0) is 7.05 Å². The van der Waals surface area contributed by atoms with E-state index < -0.39 is 0 Å². The highest BCUT2D eigenvalue weighted by atomic mass is 16.5. The third-order valence-corrected chi connectivity index (χ3v) is 2.59. The summed E-state index contributed by atoms with van der Waals surface area (Å²) >= 11 is 0. The Kier molecular flexibility index (Phi) is 1.96. The molecule has 0 saturated carbocycles. The second-order valence-electron chi connectivity index (χ2n) is 3.53. The first kappa shape index (κ1) is 8.87. The van der Waals surface area contributed by atoms with E-state index in [1.165, 1.54) is 6.39 Å². The topological polar surface area (TPSA) is 65.1 Å². The second-order valence-corrected chi connectivity index (χ2v) is 3.53. The van der Waals surface area contributed by atoms with E-state index >= 15 is 0 Å². The standard InChI is InChI=1S/C9H12N4O2/c1-10-4-6-7-8-9(11-5-15-8)12-13(7)2-3-14-6/h5-6,10H,2-4H2,1H3/t6-/m1/s1. The van der Waals surface area contributed by atoms with Gasteiger partial charge in [0.05, 0.1) is 13.2 Å². The number of nitrogens with zero attached hydrogens (tertiary/aromatic N) is 3. The van der Waals surface area contributed by atoms with Crippen LogP contribution in [0.2, 0.25) is 0 Å². The van der Waals surface area contributed by atoms with Crippen LogP contribution in [0.25, 0.3) is 11.2 Å². The molecule has 0 fully saturated rings. The molecule has 0 radical (unpaired) electrons. The third-order valence-electron chi connectivity index (χ3n) is 2.59. The van der Waals surface area contributed by atoms with Crippen LogP contribution in [-0.4, -0.2) is 35.0 Å². The Balaban J connectivity index is 2.13. The molecule has 3 heterocycles. The number of oxazole rings is 1. The fourth-order valence-corrected chi connectivity index (χ4v) is 1.96. The largest absolute Gasteiger partial charge is 0.440 e. The molecule has 0 amide bonds. The van der Waals surface area contributed by atoms with E-state index in [2.05, 4.69) is 15.4 Å². The van der Waals surface area contributed by atoms with Crippen molar-refractivity contribution in [3.05, 3.63) is 12.1 Å². The van der Waals surface area contributed by atoms with Gasteiger partial charge in [0.1, 0.15) is 11.8 Å². The van der Waals surface area contributed by atoms with Crippen molar-refractivity contribution in [2.24, 2.45) is 0 Å². The van der Waals surface area contributed by atoms with Crippen LogP contribution in [-0.2, 0) is 11.3 Å². The zero-order valence-electron chi connectivity index (χ0n) is 8.43. The van der Waals surface area contributed by atoms with E-state index in [0.29, 0.717) is 12.3 Å². The van der Waals surface area contributed by atoms with E-state index in [9.17, 15) is 0 Å². The summed E-state index contributed by atoms with van der Waals surface area (Å²) in [5.74, 6) is 0. The first-order chi connectivity index (χ1) is 7.40. The summed E-state index contributed by atoms with van der Waals surface area (Å²) < 4.78 is 12.9.